The molecule has 1 aromatic carbocycles. The molecule has 0 saturated heterocycles. The van der Waals surface area contributed by atoms with E-state index in [2.05, 4.69) is 4.99 Å². The first-order chi connectivity index (χ1) is 11.3. The second-order valence-electron chi connectivity index (χ2n) is 4.29. The van der Waals surface area contributed by atoms with Gasteiger partial charge in [-0.15, -0.1) is 0 Å². The fourth-order valence-electron chi connectivity index (χ4n) is 1.66. The van der Waals surface area contributed by atoms with Crippen molar-refractivity contribution in [2.45, 2.75) is 6.92 Å². The summed E-state index contributed by atoms with van der Waals surface area (Å²) in [7, 11) is 0. The van der Waals surface area contributed by atoms with Crippen molar-refractivity contribution in [3.63, 3.8) is 0 Å². The lowest BCUT2D eigenvalue weighted by Gasteiger charge is -2.09. The number of benzene rings is 1. The van der Waals surface area contributed by atoms with Crippen LogP contribution in [0.1, 0.15) is 12.5 Å². The number of carbonyl (C=O) groups excluding carboxylic acids is 1. The van der Waals surface area contributed by atoms with E-state index in [0.29, 0.717) is 3.57 Å². The van der Waals surface area contributed by atoms with Gasteiger partial charge in [0.25, 0.3) is 5.69 Å². The third-order valence-corrected chi connectivity index (χ3v) is 3.69. The van der Waals surface area contributed by atoms with E-state index in [1.807, 2.05) is 22.6 Å². The fourth-order valence-corrected chi connectivity index (χ4v) is 2.53. The highest BCUT2D eigenvalue weighted by Crippen LogP contribution is 2.34. The van der Waals surface area contributed by atoms with Crippen LogP contribution in [0, 0.1) is 13.7 Å². The lowest BCUT2D eigenvalue weighted by Crippen LogP contribution is -2.12. The molecule has 0 heterocycles. The molecule has 0 aromatic heterocycles. The number of esters is 1. The van der Waals surface area contributed by atoms with Gasteiger partial charge in [-0.1, -0.05) is 11.6 Å². The van der Waals surface area contributed by atoms with Crippen molar-refractivity contribution in [1.82, 2.24) is 0 Å². The molecule has 0 bridgehead atoms. The van der Waals surface area contributed by atoms with Crippen LogP contribution < -0.4 is 0 Å². The molecule has 2 N–H and O–H groups in total. The highest BCUT2D eigenvalue weighted by molar-refractivity contribution is 14.1. The van der Waals surface area contributed by atoms with Crippen LogP contribution in [0.2, 0.25) is 5.02 Å². The predicted molar refractivity (Wildman–Crippen MR) is 97.5 cm³/mol. The quantitative estimate of drug-likeness (QED) is 0.121. The molecule has 130 valence electrons. The average Bonchev–Trinajstić information content (AvgIpc) is 2.52. The first-order valence-electron chi connectivity index (χ1n) is 6.68. The van der Waals surface area contributed by atoms with Gasteiger partial charge in [0.2, 0.25) is 0 Å². The monoisotopic (exact) mass is 468 g/mol. The summed E-state index contributed by atoms with van der Waals surface area (Å²) >= 11 is 7.81. The van der Waals surface area contributed by atoms with E-state index in [-0.39, 0.29) is 35.9 Å². The van der Waals surface area contributed by atoms with Crippen LogP contribution in [0.15, 0.2) is 22.7 Å². The number of halogens is 2. The van der Waals surface area contributed by atoms with Crippen molar-refractivity contribution < 1.29 is 24.7 Å². The molecule has 0 unspecified atom stereocenters. The highest BCUT2D eigenvalue weighted by atomic mass is 127. The number of hydrogen-bond donors (Lipinski definition) is 2. The number of nitrogens with zero attached hydrogens (tertiary/aromatic N) is 2. The summed E-state index contributed by atoms with van der Waals surface area (Å²) in [5, 5.41) is 29.9. The Bertz CT molecular complexity index is 705. The number of rotatable bonds is 7. The van der Waals surface area contributed by atoms with Gasteiger partial charge in [-0.2, -0.15) is 0 Å². The number of aliphatic hydroxyl groups is 2. The number of hydrogen-bond acceptors (Lipinski definition) is 7. The summed E-state index contributed by atoms with van der Waals surface area (Å²) in [4.78, 5) is 26.1. The van der Waals surface area contributed by atoms with Crippen molar-refractivity contribution in [2.75, 3.05) is 19.8 Å². The summed E-state index contributed by atoms with van der Waals surface area (Å²) in [6, 6.07) is 2.63. The molecular weight excluding hydrogens is 455 g/mol. The third kappa shape index (κ3) is 5.14. The van der Waals surface area contributed by atoms with Gasteiger partial charge >= 0.3 is 5.97 Å². The molecule has 0 aliphatic rings. The Balaban J connectivity index is 3.54. The van der Waals surface area contributed by atoms with Crippen LogP contribution in [0.5, 0.6) is 0 Å². The summed E-state index contributed by atoms with van der Waals surface area (Å²) in [6.45, 7) is 1.41. The minimum Gasteiger partial charge on any atom is -0.506 e. The van der Waals surface area contributed by atoms with Crippen molar-refractivity contribution >= 4 is 57.8 Å². The SMILES string of the molecule is CCOC(=O)/C(C=NCCO)=C(\O)c1cc(I)cc([N+](=O)[O-])c1Cl. The lowest BCUT2D eigenvalue weighted by atomic mass is 10.1. The summed E-state index contributed by atoms with van der Waals surface area (Å²) < 4.78 is 5.28. The second kappa shape index (κ2) is 9.55. The van der Waals surface area contributed by atoms with E-state index in [9.17, 15) is 20.0 Å². The number of aliphatic hydroxyl groups excluding tert-OH is 2. The Hall–Kier alpha value is -1.72. The Labute approximate surface area is 156 Å². The van der Waals surface area contributed by atoms with E-state index in [4.69, 9.17) is 21.4 Å². The van der Waals surface area contributed by atoms with Gasteiger partial charge in [0, 0.05) is 21.4 Å². The zero-order valence-electron chi connectivity index (χ0n) is 12.5. The molecule has 1 aromatic rings. The van der Waals surface area contributed by atoms with Gasteiger partial charge in [-0.3, -0.25) is 15.1 Å². The van der Waals surface area contributed by atoms with Gasteiger partial charge in [-0.25, -0.2) is 4.79 Å². The molecule has 0 atom stereocenters. The van der Waals surface area contributed by atoms with Crippen LogP contribution in [-0.2, 0) is 9.53 Å². The predicted octanol–water partition coefficient (Wildman–Crippen LogP) is 2.75. The van der Waals surface area contributed by atoms with E-state index in [1.54, 1.807) is 6.92 Å². The normalized spacial score (nSPS) is 12.2. The Kier molecular flexibility index (Phi) is 8.08. The zero-order valence-corrected chi connectivity index (χ0v) is 15.4. The van der Waals surface area contributed by atoms with Crippen LogP contribution in [-0.4, -0.2) is 47.1 Å². The Morgan fingerprint density at radius 1 is 1.54 bits per heavy atom. The molecule has 0 fully saturated rings. The van der Waals surface area contributed by atoms with Gasteiger partial charge in [0.1, 0.15) is 16.4 Å². The maximum Gasteiger partial charge on any atom is 0.343 e. The standard InChI is InChI=1S/C14H14ClIN2O6/c1-2-24-14(21)10(7-17-3-4-19)13(20)9-5-8(16)6-11(12(9)15)18(22)23/h5-7,19-20H,2-4H2,1H3/b13-10-,17-7?. The van der Waals surface area contributed by atoms with E-state index in [0.717, 1.165) is 6.21 Å². The zero-order chi connectivity index (χ0) is 18.3. The average molecular weight is 469 g/mol. The minimum absolute atomic E-state index is 0.0103. The topological polar surface area (TPSA) is 122 Å². The van der Waals surface area contributed by atoms with Crippen LogP contribution >= 0.6 is 34.2 Å². The van der Waals surface area contributed by atoms with E-state index >= 15 is 0 Å². The molecule has 1 rings (SSSR count). The van der Waals surface area contributed by atoms with Crippen molar-refractivity contribution in [1.29, 1.82) is 0 Å². The molecule has 10 heteroatoms. The largest absolute Gasteiger partial charge is 0.506 e. The van der Waals surface area contributed by atoms with Crippen molar-refractivity contribution in [3.8, 4) is 0 Å². The van der Waals surface area contributed by atoms with Crippen molar-refractivity contribution in [3.05, 3.63) is 42.0 Å². The number of ether oxygens (including phenoxy) is 1. The molecule has 0 spiro atoms. The lowest BCUT2D eigenvalue weighted by molar-refractivity contribution is -0.384. The van der Waals surface area contributed by atoms with Gasteiger partial charge in [0.05, 0.1) is 24.7 Å². The number of nitro groups is 1. The Morgan fingerprint density at radius 2 is 2.21 bits per heavy atom. The Morgan fingerprint density at radius 3 is 2.75 bits per heavy atom. The van der Waals surface area contributed by atoms with Crippen LogP contribution in [0.25, 0.3) is 5.76 Å². The fraction of sp³-hybridized carbons (Fsp3) is 0.286. The number of carbonyl (C=O) groups is 1. The minimum atomic E-state index is -0.866. The van der Waals surface area contributed by atoms with E-state index in [1.165, 1.54) is 12.1 Å². The molecule has 8 nitrogen and oxygen atoms in total. The molecule has 0 aliphatic carbocycles. The number of nitro benzene ring substituents is 1. The molecular formula is C14H14ClIN2O6. The summed E-state index contributed by atoms with van der Waals surface area (Å²) in [5.74, 6) is -1.46. The maximum absolute atomic E-state index is 12.0. The van der Waals surface area contributed by atoms with Gasteiger partial charge in [-0.05, 0) is 35.6 Å². The van der Waals surface area contributed by atoms with Crippen molar-refractivity contribution in [2.24, 2.45) is 4.99 Å². The molecule has 0 radical (unpaired) electrons. The smallest absolute Gasteiger partial charge is 0.343 e. The first-order valence-corrected chi connectivity index (χ1v) is 8.14. The summed E-state index contributed by atoms with van der Waals surface area (Å²) in [5.41, 5.74) is -0.808. The van der Waals surface area contributed by atoms with Gasteiger partial charge in [0.15, 0.2) is 0 Å². The second-order valence-corrected chi connectivity index (χ2v) is 5.91. The third-order valence-electron chi connectivity index (χ3n) is 2.67. The highest BCUT2D eigenvalue weighted by Gasteiger charge is 2.24. The molecule has 0 amide bonds. The molecule has 0 aliphatic heterocycles. The van der Waals surface area contributed by atoms with Crippen LogP contribution in [0.4, 0.5) is 5.69 Å². The maximum atomic E-state index is 12.0. The number of aliphatic imine (C=N–C) groups is 1. The first kappa shape index (κ1) is 20.3. The summed E-state index contributed by atoms with van der Waals surface area (Å²) in [6.07, 6.45) is 1.03. The molecule has 0 saturated carbocycles. The molecule has 24 heavy (non-hydrogen) atoms. The van der Waals surface area contributed by atoms with Gasteiger partial charge < -0.3 is 14.9 Å². The van der Waals surface area contributed by atoms with E-state index < -0.39 is 22.3 Å². The van der Waals surface area contributed by atoms with Crippen LogP contribution in [0.3, 0.4) is 0 Å².